The molecule has 3 aromatic carbocycles. The molecule has 0 radical (unpaired) electrons. The molecule has 0 saturated carbocycles. The zero-order chi connectivity index (χ0) is 23.1. The number of carbonyl (C=O) groups excluding carboxylic acids is 2. The minimum absolute atomic E-state index is 0.306. The molecule has 6 nitrogen and oxygen atoms in total. The van der Waals surface area contributed by atoms with E-state index in [-0.39, 0.29) is 0 Å². The Balaban J connectivity index is 2.13. The van der Waals surface area contributed by atoms with Gasteiger partial charge in [0.05, 0.1) is 5.92 Å². The standard InChI is InChI=1S/C26H26N2O4/c1-18(2)22(24(30)27-21-16-10-5-11-17-21)26(25(31)32,20-14-8-4-9-15-20)28-23(29)19-12-6-3-7-13-19/h3-18,22H,1-2H3,(H,27,30)(H,28,29)(H,31,32). The Bertz CT molecular complexity index is 1070. The molecule has 0 aromatic heterocycles. The first-order valence-electron chi connectivity index (χ1n) is 10.4. The summed E-state index contributed by atoms with van der Waals surface area (Å²) in [4.78, 5) is 39.5. The zero-order valence-corrected chi connectivity index (χ0v) is 18.0. The van der Waals surface area contributed by atoms with Crippen LogP contribution in [0.3, 0.4) is 0 Å². The number of carboxylic acids is 1. The summed E-state index contributed by atoms with van der Waals surface area (Å²) in [5, 5.41) is 16.0. The summed E-state index contributed by atoms with van der Waals surface area (Å²) in [5.41, 5.74) is -0.815. The van der Waals surface area contributed by atoms with Crippen LogP contribution in [-0.2, 0) is 15.1 Å². The second-order valence-electron chi connectivity index (χ2n) is 7.88. The maximum Gasteiger partial charge on any atom is 0.335 e. The van der Waals surface area contributed by atoms with Crippen molar-refractivity contribution in [1.29, 1.82) is 0 Å². The van der Waals surface area contributed by atoms with Crippen LogP contribution in [0.15, 0.2) is 91.0 Å². The molecular weight excluding hydrogens is 404 g/mol. The maximum absolute atomic E-state index is 13.5. The Morgan fingerprint density at radius 3 is 1.78 bits per heavy atom. The monoisotopic (exact) mass is 430 g/mol. The van der Waals surface area contributed by atoms with E-state index in [0.29, 0.717) is 16.8 Å². The van der Waals surface area contributed by atoms with Crippen LogP contribution in [0.5, 0.6) is 0 Å². The third-order valence-corrected chi connectivity index (χ3v) is 5.37. The zero-order valence-electron chi connectivity index (χ0n) is 18.0. The van der Waals surface area contributed by atoms with E-state index >= 15 is 0 Å². The lowest BCUT2D eigenvalue weighted by Crippen LogP contribution is -2.61. The Labute approximate surface area is 187 Å². The molecule has 2 unspecified atom stereocenters. The van der Waals surface area contributed by atoms with Crippen LogP contribution in [0.4, 0.5) is 5.69 Å². The van der Waals surface area contributed by atoms with Gasteiger partial charge in [-0.3, -0.25) is 9.59 Å². The van der Waals surface area contributed by atoms with E-state index in [1.165, 1.54) is 0 Å². The third kappa shape index (κ3) is 4.70. The second-order valence-corrected chi connectivity index (χ2v) is 7.88. The summed E-state index contributed by atoms with van der Waals surface area (Å²) in [5.74, 6) is -3.89. The smallest absolute Gasteiger partial charge is 0.335 e. The number of hydrogen-bond acceptors (Lipinski definition) is 3. The third-order valence-electron chi connectivity index (χ3n) is 5.37. The topological polar surface area (TPSA) is 95.5 Å². The van der Waals surface area contributed by atoms with Gasteiger partial charge in [0.1, 0.15) is 0 Å². The van der Waals surface area contributed by atoms with Crippen molar-refractivity contribution in [1.82, 2.24) is 5.32 Å². The summed E-state index contributed by atoms with van der Waals surface area (Å²) >= 11 is 0. The van der Waals surface area contributed by atoms with Gasteiger partial charge >= 0.3 is 5.97 Å². The summed E-state index contributed by atoms with van der Waals surface area (Å²) < 4.78 is 0. The number of benzene rings is 3. The van der Waals surface area contributed by atoms with Crippen molar-refractivity contribution in [3.05, 3.63) is 102 Å². The summed E-state index contributed by atoms with van der Waals surface area (Å²) in [6, 6.07) is 25.5. The molecule has 0 spiro atoms. The molecule has 2 atom stereocenters. The molecule has 3 rings (SSSR count). The molecule has 164 valence electrons. The van der Waals surface area contributed by atoms with E-state index in [2.05, 4.69) is 10.6 Å². The largest absolute Gasteiger partial charge is 0.479 e. The maximum atomic E-state index is 13.5. The molecule has 0 fully saturated rings. The first-order valence-corrected chi connectivity index (χ1v) is 10.4. The van der Waals surface area contributed by atoms with Crippen LogP contribution < -0.4 is 10.6 Å². The van der Waals surface area contributed by atoms with Gasteiger partial charge in [-0.05, 0) is 35.7 Å². The number of hydrogen-bond donors (Lipinski definition) is 3. The van der Waals surface area contributed by atoms with Crippen LogP contribution in [0, 0.1) is 11.8 Å². The molecule has 3 aromatic rings. The predicted molar refractivity (Wildman–Crippen MR) is 123 cm³/mol. The Hall–Kier alpha value is -3.93. The molecule has 0 aliphatic carbocycles. The Kier molecular flexibility index (Phi) is 7.05. The van der Waals surface area contributed by atoms with Gasteiger partial charge in [0.2, 0.25) is 5.91 Å². The van der Waals surface area contributed by atoms with Gasteiger partial charge in [0, 0.05) is 11.3 Å². The number of carbonyl (C=O) groups is 3. The summed E-state index contributed by atoms with van der Waals surface area (Å²) in [7, 11) is 0. The first-order chi connectivity index (χ1) is 15.4. The fourth-order valence-electron chi connectivity index (χ4n) is 3.92. The molecule has 3 N–H and O–H groups in total. The van der Waals surface area contributed by atoms with Crippen LogP contribution in [0.1, 0.15) is 29.8 Å². The number of aliphatic carboxylic acids is 1. The van der Waals surface area contributed by atoms with E-state index in [9.17, 15) is 19.5 Å². The molecule has 0 bridgehead atoms. The van der Waals surface area contributed by atoms with Crippen molar-refractivity contribution in [3.8, 4) is 0 Å². The molecule has 2 amide bonds. The highest BCUT2D eigenvalue weighted by molar-refractivity contribution is 6.03. The number of anilines is 1. The molecular formula is C26H26N2O4. The van der Waals surface area contributed by atoms with Gasteiger partial charge in [0.15, 0.2) is 5.54 Å². The van der Waals surface area contributed by atoms with Crippen LogP contribution in [0.2, 0.25) is 0 Å². The van der Waals surface area contributed by atoms with Gasteiger partial charge in [-0.2, -0.15) is 0 Å². The van der Waals surface area contributed by atoms with Gasteiger partial charge in [-0.1, -0.05) is 80.6 Å². The highest BCUT2D eigenvalue weighted by Crippen LogP contribution is 2.37. The quantitative estimate of drug-likeness (QED) is 0.496. The molecule has 0 heterocycles. The first kappa shape index (κ1) is 22.7. The lowest BCUT2D eigenvalue weighted by atomic mass is 9.71. The SMILES string of the molecule is CC(C)C(C(=O)Nc1ccccc1)C(NC(=O)c1ccccc1)(C(=O)O)c1ccccc1. The summed E-state index contributed by atoms with van der Waals surface area (Å²) in [6.07, 6.45) is 0. The van der Waals surface area contributed by atoms with Crippen molar-refractivity contribution in [2.24, 2.45) is 11.8 Å². The fraction of sp³-hybridized carbons (Fsp3) is 0.192. The fourth-order valence-corrected chi connectivity index (χ4v) is 3.92. The highest BCUT2D eigenvalue weighted by atomic mass is 16.4. The Morgan fingerprint density at radius 2 is 1.28 bits per heavy atom. The number of rotatable bonds is 8. The molecule has 0 aliphatic rings. The van der Waals surface area contributed by atoms with Gasteiger partial charge in [-0.25, -0.2) is 4.79 Å². The minimum atomic E-state index is -1.98. The Morgan fingerprint density at radius 1 is 0.781 bits per heavy atom. The van der Waals surface area contributed by atoms with E-state index in [1.54, 1.807) is 98.8 Å². The lowest BCUT2D eigenvalue weighted by molar-refractivity contribution is -0.152. The van der Waals surface area contributed by atoms with Crippen molar-refractivity contribution >= 4 is 23.5 Å². The van der Waals surface area contributed by atoms with E-state index in [4.69, 9.17) is 0 Å². The number of nitrogens with one attached hydrogen (secondary N) is 2. The molecule has 6 heteroatoms. The second kappa shape index (κ2) is 9.92. The van der Waals surface area contributed by atoms with Crippen molar-refractivity contribution in [2.45, 2.75) is 19.4 Å². The van der Waals surface area contributed by atoms with Gasteiger partial charge in [-0.15, -0.1) is 0 Å². The number of amides is 2. The summed E-state index contributed by atoms with van der Waals surface area (Å²) in [6.45, 7) is 3.54. The van der Waals surface area contributed by atoms with E-state index in [1.807, 2.05) is 6.07 Å². The van der Waals surface area contributed by atoms with E-state index in [0.717, 1.165) is 0 Å². The van der Waals surface area contributed by atoms with Crippen molar-refractivity contribution in [3.63, 3.8) is 0 Å². The normalized spacial score (nSPS) is 13.6. The average Bonchev–Trinajstić information content (AvgIpc) is 2.80. The van der Waals surface area contributed by atoms with Crippen LogP contribution >= 0.6 is 0 Å². The predicted octanol–water partition coefficient (Wildman–Crippen LogP) is 4.31. The highest BCUT2D eigenvalue weighted by Gasteiger charge is 2.53. The van der Waals surface area contributed by atoms with Crippen molar-refractivity contribution < 1.29 is 19.5 Å². The van der Waals surface area contributed by atoms with E-state index < -0.39 is 35.2 Å². The van der Waals surface area contributed by atoms with Crippen LogP contribution in [-0.4, -0.2) is 22.9 Å². The van der Waals surface area contributed by atoms with Gasteiger partial charge < -0.3 is 15.7 Å². The van der Waals surface area contributed by atoms with Crippen molar-refractivity contribution in [2.75, 3.05) is 5.32 Å². The molecule has 0 aliphatic heterocycles. The molecule has 32 heavy (non-hydrogen) atoms. The van der Waals surface area contributed by atoms with Gasteiger partial charge in [0.25, 0.3) is 5.91 Å². The number of carboxylic acid groups (broad SMARTS) is 1. The average molecular weight is 431 g/mol. The van der Waals surface area contributed by atoms with Crippen LogP contribution in [0.25, 0.3) is 0 Å². The number of para-hydroxylation sites is 1. The lowest BCUT2D eigenvalue weighted by Gasteiger charge is -2.39. The minimum Gasteiger partial charge on any atom is -0.479 e. The molecule has 0 saturated heterocycles.